The summed E-state index contributed by atoms with van der Waals surface area (Å²) in [6.07, 6.45) is 7.72. The molecule has 4 heteroatoms. The zero-order valence-corrected chi connectivity index (χ0v) is 41.9. The van der Waals surface area contributed by atoms with Gasteiger partial charge in [0.05, 0.1) is 22.1 Å². The van der Waals surface area contributed by atoms with Gasteiger partial charge in [-0.3, -0.25) is 19.9 Å². The van der Waals surface area contributed by atoms with Crippen LogP contribution in [0.4, 0.5) is 0 Å². The molecule has 0 saturated heterocycles. The Morgan fingerprint density at radius 1 is 0.179 bits per heavy atom. The summed E-state index contributed by atoms with van der Waals surface area (Å²) >= 11 is 0. The monoisotopic (exact) mass is 984 g/mol. The fourth-order valence-electron chi connectivity index (χ4n) is 14.3. The van der Waals surface area contributed by atoms with Crippen LogP contribution in [-0.4, -0.2) is 19.9 Å². The van der Waals surface area contributed by atoms with Crippen LogP contribution in [0.2, 0.25) is 0 Å². The van der Waals surface area contributed by atoms with E-state index in [-0.39, 0.29) is 0 Å². The molecule has 0 aliphatic rings. The second-order valence-corrected chi connectivity index (χ2v) is 21.0. The molecule has 0 spiro atoms. The summed E-state index contributed by atoms with van der Waals surface area (Å²) in [6.45, 7) is 0. The third kappa shape index (κ3) is 5.47. The number of aromatic nitrogens is 4. The van der Waals surface area contributed by atoms with Crippen LogP contribution in [0.15, 0.2) is 243 Å². The topological polar surface area (TPSA) is 51.6 Å². The van der Waals surface area contributed by atoms with Crippen molar-refractivity contribution in [2.24, 2.45) is 0 Å². The van der Waals surface area contributed by atoms with Crippen molar-refractivity contribution in [3.05, 3.63) is 243 Å². The minimum atomic E-state index is 0.991. The Labute approximate surface area is 445 Å². The van der Waals surface area contributed by atoms with E-state index in [1.165, 1.54) is 119 Å². The SMILES string of the molecule is c1cnc2c(-c3c4ccccc4c(-c4cccc5cccnc45)c4c5cc6c(cc7c8c(-c9cccc%10cccnc9%10)c9ccccc9c(-c9cccc%10cccnc9%10)c8c8cccc6c87)c6cccc(c34)c65)cccc2c1. The number of hydrogen-bond donors (Lipinski definition) is 0. The van der Waals surface area contributed by atoms with Crippen molar-refractivity contribution in [1.29, 1.82) is 0 Å². The average Bonchev–Trinajstić information content (AvgIpc) is 3.46. The second kappa shape index (κ2) is 15.6. The Hall–Kier alpha value is -10.4. The maximum Gasteiger partial charge on any atom is 0.0780 e. The normalized spacial score (nSPS) is 12.4. The van der Waals surface area contributed by atoms with Gasteiger partial charge in [-0.2, -0.15) is 0 Å². The highest BCUT2D eigenvalue weighted by Gasteiger charge is 2.29. The summed E-state index contributed by atoms with van der Waals surface area (Å²) in [5, 5.41) is 26.5. The molecule has 356 valence electrons. The molecule has 14 aromatic carbocycles. The van der Waals surface area contributed by atoms with Crippen LogP contribution in [-0.2, 0) is 0 Å². The number of hydrogen-bond acceptors (Lipinski definition) is 4. The lowest BCUT2D eigenvalue weighted by Gasteiger charge is -2.18. The molecule has 0 saturated carbocycles. The highest BCUT2D eigenvalue weighted by atomic mass is 14.7. The van der Waals surface area contributed by atoms with E-state index in [1.807, 2.05) is 49.1 Å². The van der Waals surface area contributed by atoms with Crippen LogP contribution in [0.3, 0.4) is 0 Å². The molecule has 0 amide bonds. The van der Waals surface area contributed by atoms with Crippen molar-refractivity contribution in [1.82, 2.24) is 19.9 Å². The van der Waals surface area contributed by atoms with Gasteiger partial charge in [0.25, 0.3) is 0 Å². The van der Waals surface area contributed by atoms with Crippen LogP contribution in [0, 0.1) is 0 Å². The van der Waals surface area contributed by atoms with E-state index in [9.17, 15) is 0 Å². The predicted molar refractivity (Wildman–Crippen MR) is 329 cm³/mol. The molecule has 0 aliphatic carbocycles. The van der Waals surface area contributed by atoms with Crippen LogP contribution in [0.5, 0.6) is 0 Å². The number of benzene rings is 12. The van der Waals surface area contributed by atoms with Gasteiger partial charge >= 0.3 is 0 Å². The summed E-state index contributed by atoms with van der Waals surface area (Å²) < 4.78 is 0. The van der Waals surface area contributed by atoms with Gasteiger partial charge in [-0.05, 0) is 133 Å². The first-order valence-electron chi connectivity index (χ1n) is 26.8. The number of para-hydroxylation sites is 4. The molecule has 0 bridgehead atoms. The van der Waals surface area contributed by atoms with Crippen LogP contribution < -0.4 is 0 Å². The van der Waals surface area contributed by atoms with E-state index in [4.69, 9.17) is 19.9 Å². The maximum absolute atomic E-state index is 5.14. The smallest absolute Gasteiger partial charge is 0.0780 e. The molecule has 0 atom stereocenters. The summed E-state index contributed by atoms with van der Waals surface area (Å²) in [6, 6.07) is 80.6. The third-order valence-corrected chi connectivity index (χ3v) is 17.2. The summed E-state index contributed by atoms with van der Waals surface area (Å²) in [5.41, 5.74) is 13.3. The molecule has 4 aromatic heterocycles. The lowest BCUT2D eigenvalue weighted by atomic mass is 9.85. The molecule has 4 nitrogen and oxygen atoms in total. The molecular weight excluding hydrogens is 945 g/mol. The first kappa shape index (κ1) is 41.9. The standard InChI is InChI=1S/C74H40N4/c1-3-25-47-45(23-1)63(53-31-5-15-41-19-11-35-75-71(41)53)67-51-29-9-27-49-58-40-60-62-50(57(58)39-59(61(49)51)69(67)65(47)55-33-7-17-43-21-13-37-77-73(43)55)28-10-30-52(62)68-64(54-32-6-16-42-20-12-36-76-72(42)54)46-24-2-4-26-48(46)66(70(60)68)56-34-8-18-44-22-14-38-78-74(44)56/h1-40H. The summed E-state index contributed by atoms with van der Waals surface area (Å²) in [5.74, 6) is 0. The Kier molecular flexibility index (Phi) is 8.36. The summed E-state index contributed by atoms with van der Waals surface area (Å²) in [7, 11) is 0. The minimum Gasteiger partial charge on any atom is -0.256 e. The van der Waals surface area contributed by atoms with Crippen molar-refractivity contribution in [3.8, 4) is 44.5 Å². The third-order valence-electron chi connectivity index (χ3n) is 17.2. The molecule has 78 heavy (non-hydrogen) atoms. The minimum absolute atomic E-state index is 0.991. The second-order valence-electron chi connectivity index (χ2n) is 21.0. The number of pyridine rings is 4. The molecule has 0 aliphatic heterocycles. The first-order valence-corrected chi connectivity index (χ1v) is 26.8. The van der Waals surface area contributed by atoms with Gasteiger partial charge < -0.3 is 0 Å². The van der Waals surface area contributed by atoms with Gasteiger partial charge in [-0.1, -0.05) is 182 Å². The molecule has 0 unspecified atom stereocenters. The van der Waals surface area contributed by atoms with Gasteiger partial charge in [-0.15, -0.1) is 0 Å². The molecule has 0 N–H and O–H groups in total. The molecule has 0 fully saturated rings. The molecule has 0 radical (unpaired) electrons. The Morgan fingerprint density at radius 2 is 0.436 bits per heavy atom. The quantitative estimate of drug-likeness (QED) is 0.165. The lowest BCUT2D eigenvalue weighted by Crippen LogP contribution is -1.92. The Balaban J connectivity index is 1.08. The van der Waals surface area contributed by atoms with Gasteiger partial charge in [0.1, 0.15) is 0 Å². The fraction of sp³-hybridized carbons (Fsp3) is 0. The maximum atomic E-state index is 5.14. The van der Waals surface area contributed by atoms with E-state index < -0.39 is 0 Å². The van der Waals surface area contributed by atoms with E-state index in [1.54, 1.807) is 0 Å². The van der Waals surface area contributed by atoms with Crippen LogP contribution in [0.1, 0.15) is 0 Å². The summed E-state index contributed by atoms with van der Waals surface area (Å²) in [4.78, 5) is 20.5. The molecule has 18 aromatic rings. The molecular formula is C74H40N4. The zero-order valence-electron chi connectivity index (χ0n) is 41.9. The van der Waals surface area contributed by atoms with Crippen molar-refractivity contribution < 1.29 is 0 Å². The average molecular weight is 985 g/mol. The van der Waals surface area contributed by atoms with Crippen molar-refractivity contribution in [2.45, 2.75) is 0 Å². The number of rotatable bonds is 4. The van der Waals surface area contributed by atoms with Gasteiger partial charge in [-0.25, -0.2) is 0 Å². The fourth-order valence-corrected chi connectivity index (χ4v) is 14.3. The van der Waals surface area contributed by atoms with E-state index in [0.717, 1.165) is 65.9 Å². The largest absolute Gasteiger partial charge is 0.256 e. The van der Waals surface area contributed by atoms with E-state index in [0.29, 0.717) is 0 Å². The first-order chi connectivity index (χ1) is 38.8. The highest BCUT2D eigenvalue weighted by Crippen LogP contribution is 2.57. The van der Waals surface area contributed by atoms with Crippen molar-refractivity contribution in [2.75, 3.05) is 0 Å². The van der Waals surface area contributed by atoms with E-state index >= 15 is 0 Å². The van der Waals surface area contributed by atoms with Crippen LogP contribution in [0.25, 0.3) is 185 Å². The highest BCUT2D eigenvalue weighted by molar-refractivity contribution is 6.47. The number of fused-ring (bicyclic) bond motifs is 15. The number of nitrogens with zero attached hydrogens (tertiary/aromatic N) is 4. The molecule has 18 rings (SSSR count). The molecule has 4 heterocycles. The zero-order chi connectivity index (χ0) is 50.7. The predicted octanol–water partition coefficient (Wildman–Crippen LogP) is 19.8. The Morgan fingerprint density at radius 3 is 0.756 bits per heavy atom. The van der Waals surface area contributed by atoms with Crippen molar-refractivity contribution >= 4 is 141 Å². The van der Waals surface area contributed by atoms with E-state index in [2.05, 4.69) is 194 Å². The Bertz CT molecular complexity index is 5270. The van der Waals surface area contributed by atoms with Gasteiger partial charge in [0, 0.05) is 90.8 Å². The van der Waals surface area contributed by atoms with Crippen LogP contribution >= 0.6 is 0 Å². The van der Waals surface area contributed by atoms with Crippen molar-refractivity contribution in [3.63, 3.8) is 0 Å². The van der Waals surface area contributed by atoms with Gasteiger partial charge in [0.15, 0.2) is 0 Å². The lowest BCUT2D eigenvalue weighted by molar-refractivity contribution is 1.41. The van der Waals surface area contributed by atoms with Gasteiger partial charge in [0.2, 0.25) is 0 Å².